The maximum absolute atomic E-state index is 11.7. The first-order chi connectivity index (χ1) is 7.88. The number of rotatable bonds is 4. The van der Waals surface area contributed by atoms with Crippen LogP contribution in [0.3, 0.4) is 0 Å². The lowest BCUT2D eigenvalue weighted by atomic mass is 9.90. The Morgan fingerprint density at radius 1 is 1.41 bits per heavy atom. The van der Waals surface area contributed by atoms with Gasteiger partial charge in [-0.1, -0.05) is 27.7 Å². The van der Waals surface area contributed by atoms with Gasteiger partial charge in [0.15, 0.2) is 0 Å². The van der Waals surface area contributed by atoms with Crippen molar-refractivity contribution in [3.63, 3.8) is 0 Å². The van der Waals surface area contributed by atoms with Crippen molar-refractivity contribution in [3.05, 3.63) is 0 Å². The van der Waals surface area contributed by atoms with Gasteiger partial charge in [-0.3, -0.25) is 4.79 Å². The van der Waals surface area contributed by atoms with E-state index in [1.807, 2.05) is 0 Å². The predicted molar refractivity (Wildman–Crippen MR) is 71.9 cm³/mol. The van der Waals surface area contributed by atoms with Crippen LogP contribution in [0.5, 0.6) is 0 Å². The van der Waals surface area contributed by atoms with Crippen LogP contribution in [0.4, 0.5) is 0 Å². The van der Waals surface area contributed by atoms with E-state index in [0.717, 1.165) is 19.5 Å². The lowest BCUT2D eigenvalue weighted by molar-refractivity contribution is -0.121. The van der Waals surface area contributed by atoms with Crippen LogP contribution in [0.25, 0.3) is 0 Å². The quantitative estimate of drug-likeness (QED) is 0.792. The standard InChI is InChI=1S/C14H28N2O/c1-11-6-5-9-15-12(11)10-16-13(17)7-8-14(2,3)4/h11-12,15H,5-10H2,1-4H3,(H,16,17). The van der Waals surface area contributed by atoms with E-state index in [4.69, 9.17) is 0 Å². The summed E-state index contributed by atoms with van der Waals surface area (Å²) in [4.78, 5) is 11.7. The van der Waals surface area contributed by atoms with Gasteiger partial charge in [-0.05, 0) is 37.1 Å². The van der Waals surface area contributed by atoms with E-state index in [1.54, 1.807) is 0 Å². The molecule has 2 unspecified atom stereocenters. The fourth-order valence-corrected chi connectivity index (χ4v) is 2.19. The maximum Gasteiger partial charge on any atom is 0.220 e. The van der Waals surface area contributed by atoms with Crippen LogP contribution in [0.1, 0.15) is 53.4 Å². The van der Waals surface area contributed by atoms with Crippen molar-refractivity contribution in [2.75, 3.05) is 13.1 Å². The third-order valence-electron chi connectivity index (χ3n) is 3.55. The van der Waals surface area contributed by atoms with Crippen molar-refractivity contribution in [2.24, 2.45) is 11.3 Å². The fourth-order valence-electron chi connectivity index (χ4n) is 2.19. The molecule has 0 aromatic heterocycles. The van der Waals surface area contributed by atoms with Crippen molar-refractivity contribution >= 4 is 5.91 Å². The molecule has 2 atom stereocenters. The van der Waals surface area contributed by atoms with Crippen molar-refractivity contribution in [1.29, 1.82) is 0 Å². The number of nitrogens with one attached hydrogen (secondary N) is 2. The molecule has 3 nitrogen and oxygen atoms in total. The summed E-state index contributed by atoms with van der Waals surface area (Å²) in [6.45, 7) is 10.6. The molecule has 0 saturated carbocycles. The van der Waals surface area contributed by atoms with E-state index >= 15 is 0 Å². The first-order valence-corrected chi connectivity index (χ1v) is 6.88. The van der Waals surface area contributed by atoms with Crippen molar-refractivity contribution in [1.82, 2.24) is 10.6 Å². The lowest BCUT2D eigenvalue weighted by Crippen LogP contribution is -2.47. The second-order valence-corrected chi connectivity index (χ2v) is 6.54. The molecule has 1 aliphatic rings. The van der Waals surface area contributed by atoms with Gasteiger partial charge in [0.1, 0.15) is 0 Å². The second-order valence-electron chi connectivity index (χ2n) is 6.54. The Bertz CT molecular complexity index is 245. The predicted octanol–water partition coefficient (Wildman–Crippen LogP) is 2.32. The lowest BCUT2D eigenvalue weighted by Gasteiger charge is -2.30. The minimum atomic E-state index is 0.194. The Kier molecular flexibility index (Phi) is 5.44. The largest absolute Gasteiger partial charge is 0.355 e. The molecule has 3 heteroatoms. The van der Waals surface area contributed by atoms with Gasteiger partial charge in [0.25, 0.3) is 0 Å². The summed E-state index contributed by atoms with van der Waals surface area (Å²) in [6, 6.07) is 0.460. The Labute approximate surface area is 106 Å². The van der Waals surface area contributed by atoms with Crippen molar-refractivity contribution in [3.8, 4) is 0 Å². The topological polar surface area (TPSA) is 41.1 Å². The van der Waals surface area contributed by atoms with E-state index in [0.29, 0.717) is 18.4 Å². The maximum atomic E-state index is 11.7. The SMILES string of the molecule is CC1CCCNC1CNC(=O)CCC(C)(C)C. The summed E-state index contributed by atoms with van der Waals surface area (Å²) >= 11 is 0. The molecular weight excluding hydrogens is 212 g/mol. The highest BCUT2D eigenvalue weighted by Crippen LogP contribution is 2.20. The Hall–Kier alpha value is -0.570. The summed E-state index contributed by atoms with van der Waals surface area (Å²) in [5, 5.41) is 6.54. The van der Waals surface area contributed by atoms with Gasteiger partial charge in [-0.25, -0.2) is 0 Å². The number of amides is 1. The Balaban J connectivity index is 2.19. The number of hydrogen-bond acceptors (Lipinski definition) is 2. The van der Waals surface area contributed by atoms with E-state index in [-0.39, 0.29) is 11.3 Å². The average molecular weight is 240 g/mol. The minimum Gasteiger partial charge on any atom is -0.355 e. The highest BCUT2D eigenvalue weighted by atomic mass is 16.1. The monoisotopic (exact) mass is 240 g/mol. The van der Waals surface area contributed by atoms with Crippen LogP contribution in [-0.4, -0.2) is 25.0 Å². The highest BCUT2D eigenvalue weighted by molar-refractivity contribution is 5.75. The van der Waals surface area contributed by atoms with Gasteiger partial charge in [0, 0.05) is 19.0 Å². The van der Waals surface area contributed by atoms with E-state index in [9.17, 15) is 4.79 Å². The summed E-state index contributed by atoms with van der Waals surface area (Å²) in [5.74, 6) is 0.867. The Morgan fingerprint density at radius 3 is 2.71 bits per heavy atom. The summed E-state index contributed by atoms with van der Waals surface area (Å²) in [6.07, 6.45) is 4.13. The molecule has 0 aliphatic carbocycles. The molecule has 0 bridgehead atoms. The number of hydrogen-bond donors (Lipinski definition) is 2. The average Bonchev–Trinajstić information content (AvgIpc) is 2.24. The molecule has 1 aliphatic heterocycles. The van der Waals surface area contributed by atoms with Gasteiger partial charge in [0.05, 0.1) is 0 Å². The zero-order valence-corrected chi connectivity index (χ0v) is 11.8. The minimum absolute atomic E-state index is 0.194. The van der Waals surface area contributed by atoms with Crippen molar-refractivity contribution < 1.29 is 4.79 Å². The highest BCUT2D eigenvalue weighted by Gasteiger charge is 2.21. The van der Waals surface area contributed by atoms with Crippen LogP contribution in [0, 0.1) is 11.3 Å². The summed E-state index contributed by atoms with van der Waals surface area (Å²) in [7, 11) is 0. The zero-order chi connectivity index (χ0) is 12.9. The number of carbonyl (C=O) groups is 1. The van der Waals surface area contributed by atoms with Crippen LogP contribution in [-0.2, 0) is 4.79 Å². The van der Waals surface area contributed by atoms with Gasteiger partial charge >= 0.3 is 0 Å². The van der Waals surface area contributed by atoms with E-state index in [2.05, 4.69) is 38.3 Å². The molecule has 0 spiro atoms. The van der Waals surface area contributed by atoms with E-state index in [1.165, 1.54) is 12.8 Å². The van der Waals surface area contributed by atoms with Gasteiger partial charge in [-0.15, -0.1) is 0 Å². The van der Waals surface area contributed by atoms with Crippen LogP contribution in [0.15, 0.2) is 0 Å². The van der Waals surface area contributed by atoms with E-state index < -0.39 is 0 Å². The molecule has 0 radical (unpaired) electrons. The second kappa shape index (κ2) is 6.39. The molecule has 1 fully saturated rings. The smallest absolute Gasteiger partial charge is 0.220 e. The normalized spacial score (nSPS) is 25.6. The third-order valence-corrected chi connectivity index (χ3v) is 3.55. The molecule has 1 amide bonds. The molecule has 0 aromatic rings. The zero-order valence-electron chi connectivity index (χ0n) is 11.8. The molecule has 100 valence electrons. The number of carbonyl (C=O) groups excluding carboxylic acids is 1. The molecule has 0 aromatic carbocycles. The molecule has 1 rings (SSSR count). The molecule has 1 heterocycles. The van der Waals surface area contributed by atoms with Gasteiger partial charge in [0.2, 0.25) is 5.91 Å². The first kappa shape index (κ1) is 14.5. The molecule has 17 heavy (non-hydrogen) atoms. The first-order valence-electron chi connectivity index (χ1n) is 6.88. The molecule has 1 saturated heterocycles. The summed E-state index contributed by atoms with van der Waals surface area (Å²) in [5.41, 5.74) is 0.244. The van der Waals surface area contributed by atoms with Crippen molar-refractivity contribution in [2.45, 2.75) is 59.4 Å². The molecule has 2 N–H and O–H groups in total. The summed E-state index contributed by atoms with van der Waals surface area (Å²) < 4.78 is 0. The van der Waals surface area contributed by atoms with Crippen LogP contribution in [0.2, 0.25) is 0 Å². The van der Waals surface area contributed by atoms with Gasteiger partial charge in [-0.2, -0.15) is 0 Å². The number of piperidine rings is 1. The fraction of sp³-hybridized carbons (Fsp3) is 0.929. The molecular formula is C14H28N2O. The van der Waals surface area contributed by atoms with Gasteiger partial charge < -0.3 is 10.6 Å². The van der Waals surface area contributed by atoms with Crippen LogP contribution < -0.4 is 10.6 Å². The third kappa shape index (κ3) is 6.06. The Morgan fingerprint density at radius 2 is 2.12 bits per heavy atom. The van der Waals surface area contributed by atoms with Crippen LogP contribution >= 0.6 is 0 Å².